The molecule has 0 aliphatic heterocycles. The lowest BCUT2D eigenvalue weighted by atomic mass is 10.1. The minimum atomic E-state index is -0.267. The van der Waals surface area contributed by atoms with Crippen molar-refractivity contribution in [3.8, 4) is 0 Å². The molecule has 0 heterocycles. The summed E-state index contributed by atoms with van der Waals surface area (Å²) in [5.74, 6) is -0.356. The summed E-state index contributed by atoms with van der Waals surface area (Å²) in [4.78, 5) is 11.6. The molecule has 0 aliphatic rings. The third-order valence-electron chi connectivity index (χ3n) is 3.88. The summed E-state index contributed by atoms with van der Waals surface area (Å²) >= 11 is 0. The smallest absolute Gasteiger partial charge is 0.243 e. The van der Waals surface area contributed by atoms with Gasteiger partial charge in [-0.25, -0.2) is 4.39 Å². The summed E-state index contributed by atoms with van der Waals surface area (Å²) in [7, 11) is 0. The zero-order chi connectivity index (χ0) is 16.8. The first kappa shape index (κ1) is 19.4. The Morgan fingerprint density at radius 2 is 1.52 bits per heavy atom. The van der Waals surface area contributed by atoms with Crippen molar-refractivity contribution >= 4 is 12.0 Å². The van der Waals surface area contributed by atoms with E-state index in [4.69, 9.17) is 0 Å². The molecule has 0 saturated carbocycles. The third kappa shape index (κ3) is 10.7. The SMILES string of the molecule is CCCCCCCCCCCNC(=O)C=Cc1ccc(F)cc1. The summed E-state index contributed by atoms with van der Waals surface area (Å²) in [6, 6.07) is 6.08. The van der Waals surface area contributed by atoms with Gasteiger partial charge in [0.05, 0.1) is 0 Å². The standard InChI is InChI=1S/C20H30FNO/c1-2-3-4-5-6-7-8-9-10-17-22-20(23)16-13-18-11-14-19(21)15-12-18/h11-16H,2-10,17H2,1H3,(H,22,23). The molecule has 1 rings (SSSR count). The van der Waals surface area contributed by atoms with Crippen molar-refractivity contribution in [1.82, 2.24) is 5.32 Å². The van der Waals surface area contributed by atoms with Gasteiger partial charge in [-0.05, 0) is 30.2 Å². The maximum atomic E-state index is 12.8. The fraction of sp³-hybridized carbons (Fsp3) is 0.550. The van der Waals surface area contributed by atoms with Crippen LogP contribution in [0, 0.1) is 5.82 Å². The Kier molecular flexibility index (Phi) is 10.9. The zero-order valence-electron chi connectivity index (χ0n) is 14.3. The van der Waals surface area contributed by atoms with Crippen molar-refractivity contribution in [1.29, 1.82) is 0 Å². The predicted molar refractivity (Wildman–Crippen MR) is 95.7 cm³/mol. The van der Waals surface area contributed by atoms with Gasteiger partial charge in [0.15, 0.2) is 0 Å². The molecule has 0 aliphatic carbocycles. The van der Waals surface area contributed by atoms with Crippen LogP contribution in [0.5, 0.6) is 0 Å². The number of amides is 1. The molecule has 0 aromatic heterocycles. The molecule has 128 valence electrons. The van der Waals surface area contributed by atoms with Crippen LogP contribution in [0.25, 0.3) is 6.08 Å². The van der Waals surface area contributed by atoms with Crippen LogP contribution in [0.3, 0.4) is 0 Å². The largest absolute Gasteiger partial charge is 0.353 e. The molecule has 3 heteroatoms. The van der Waals surface area contributed by atoms with E-state index in [0.29, 0.717) is 0 Å². The van der Waals surface area contributed by atoms with Gasteiger partial charge in [0.1, 0.15) is 5.82 Å². The van der Waals surface area contributed by atoms with Gasteiger partial charge in [-0.1, -0.05) is 70.4 Å². The van der Waals surface area contributed by atoms with Crippen molar-refractivity contribution in [3.63, 3.8) is 0 Å². The summed E-state index contributed by atoms with van der Waals surface area (Å²) < 4.78 is 12.8. The molecular formula is C20H30FNO. The van der Waals surface area contributed by atoms with Gasteiger partial charge in [-0.15, -0.1) is 0 Å². The fourth-order valence-corrected chi connectivity index (χ4v) is 2.45. The van der Waals surface area contributed by atoms with E-state index in [-0.39, 0.29) is 11.7 Å². The molecule has 1 aromatic rings. The number of rotatable bonds is 12. The maximum Gasteiger partial charge on any atom is 0.243 e. The predicted octanol–water partition coefficient (Wildman–Crippen LogP) is 5.49. The number of hydrogen-bond acceptors (Lipinski definition) is 1. The Morgan fingerprint density at radius 1 is 0.957 bits per heavy atom. The number of halogens is 1. The lowest BCUT2D eigenvalue weighted by Crippen LogP contribution is -2.21. The summed E-state index contributed by atoms with van der Waals surface area (Å²) in [5, 5.41) is 2.88. The van der Waals surface area contributed by atoms with Gasteiger partial charge in [-0.2, -0.15) is 0 Å². The lowest BCUT2D eigenvalue weighted by molar-refractivity contribution is -0.116. The average molecular weight is 319 g/mol. The van der Waals surface area contributed by atoms with Crippen molar-refractivity contribution in [2.75, 3.05) is 6.54 Å². The van der Waals surface area contributed by atoms with Gasteiger partial charge in [-0.3, -0.25) is 4.79 Å². The summed E-state index contributed by atoms with van der Waals surface area (Å²) in [6.45, 7) is 2.96. The van der Waals surface area contributed by atoms with Crippen LogP contribution in [0.15, 0.2) is 30.3 Å². The first-order valence-corrected chi connectivity index (χ1v) is 8.94. The van der Waals surface area contributed by atoms with Crippen LogP contribution in [-0.4, -0.2) is 12.5 Å². The van der Waals surface area contributed by atoms with Crippen molar-refractivity contribution < 1.29 is 9.18 Å². The van der Waals surface area contributed by atoms with E-state index < -0.39 is 0 Å². The molecule has 1 amide bonds. The van der Waals surface area contributed by atoms with E-state index in [0.717, 1.165) is 18.5 Å². The van der Waals surface area contributed by atoms with Crippen LogP contribution < -0.4 is 5.32 Å². The highest BCUT2D eigenvalue weighted by atomic mass is 19.1. The molecule has 0 unspecified atom stereocenters. The first-order valence-electron chi connectivity index (χ1n) is 8.94. The molecule has 2 nitrogen and oxygen atoms in total. The number of unbranched alkanes of at least 4 members (excludes halogenated alkanes) is 8. The Bertz CT molecular complexity index is 453. The second kappa shape index (κ2) is 12.9. The topological polar surface area (TPSA) is 29.1 Å². The molecule has 0 atom stereocenters. The number of carbonyl (C=O) groups excluding carboxylic acids is 1. The molecule has 1 N–H and O–H groups in total. The molecule has 0 fully saturated rings. The first-order chi connectivity index (χ1) is 11.2. The summed E-state index contributed by atoms with van der Waals surface area (Å²) in [6.07, 6.45) is 14.7. The van der Waals surface area contributed by atoms with Crippen LogP contribution >= 0.6 is 0 Å². The zero-order valence-corrected chi connectivity index (χ0v) is 14.3. The minimum absolute atomic E-state index is 0.0890. The Hall–Kier alpha value is -1.64. The number of hydrogen-bond donors (Lipinski definition) is 1. The lowest BCUT2D eigenvalue weighted by Gasteiger charge is -2.03. The molecule has 1 aromatic carbocycles. The second-order valence-electron chi connectivity index (χ2n) is 6.00. The monoisotopic (exact) mass is 319 g/mol. The summed E-state index contributed by atoms with van der Waals surface area (Å²) in [5.41, 5.74) is 0.824. The second-order valence-corrected chi connectivity index (χ2v) is 6.00. The molecule has 0 spiro atoms. The van der Waals surface area contributed by atoms with Gasteiger partial charge >= 0.3 is 0 Å². The van der Waals surface area contributed by atoms with E-state index in [1.807, 2.05) is 0 Å². The molecule has 0 radical (unpaired) electrons. The molecule has 0 bridgehead atoms. The Labute approximate surface area is 140 Å². The van der Waals surface area contributed by atoms with Crippen LogP contribution in [0.1, 0.15) is 70.3 Å². The molecular weight excluding hydrogens is 289 g/mol. The van der Waals surface area contributed by atoms with Crippen molar-refractivity contribution in [3.05, 3.63) is 41.7 Å². The van der Waals surface area contributed by atoms with Crippen molar-refractivity contribution in [2.24, 2.45) is 0 Å². The molecule has 0 saturated heterocycles. The fourth-order valence-electron chi connectivity index (χ4n) is 2.45. The quantitative estimate of drug-likeness (QED) is 0.401. The highest BCUT2D eigenvalue weighted by molar-refractivity contribution is 5.91. The normalized spacial score (nSPS) is 11.0. The van der Waals surface area contributed by atoms with E-state index in [9.17, 15) is 9.18 Å². The van der Waals surface area contributed by atoms with Gasteiger partial charge < -0.3 is 5.32 Å². The number of benzene rings is 1. The van der Waals surface area contributed by atoms with E-state index in [1.165, 1.54) is 69.6 Å². The maximum absolute atomic E-state index is 12.8. The van der Waals surface area contributed by atoms with Crippen molar-refractivity contribution in [2.45, 2.75) is 64.7 Å². The highest BCUT2D eigenvalue weighted by Crippen LogP contribution is 2.09. The van der Waals surface area contributed by atoms with E-state index >= 15 is 0 Å². The number of nitrogens with one attached hydrogen (secondary N) is 1. The third-order valence-corrected chi connectivity index (χ3v) is 3.88. The average Bonchev–Trinajstić information content (AvgIpc) is 2.56. The van der Waals surface area contributed by atoms with Crippen LogP contribution in [-0.2, 0) is 4.79 Å². The van der Waals surface area contributed by atoms with Gasteiger partial charge in [0, 0.05) is 12.6 Å². The van der Waals surface area contributed by atoms with Gasteiger partial charge in [0.25, 0.3) is 0 Å². The Morgan fingerprint density at radius 3 is 2.13 bits per heavy atom. The van der Waals surface area contributed by atoms with Crippen LogP contribution in [0.4, 0.5) is 4.39 Å². The van der Waals surface area contributed by atoms with E-state index in [2.05, 4.69) is 12.2 Å². The highest BCUT2D eigenvalue weighted by Gasteiger charge is 1.96. The van der Waals surface area contributed by atoms with Crippen LogP contribution in [0.2, 0.25) is 0 Å². The molecule has 23 heavy (non-hydrogen) atoms. The minimum Gasteiger partial charge on any atom is -0.353 e. The Balaban J connectivity index is 1.98. The van der Waals surface area contributed by atoms with Gasteiger partial charge in [0.2, 0.25) is 5.91 Å². The van der Waals surface area contributed by atoms with E-state index in [1.54, 1.807) is 18.2 Å². The number of carbonyl (C=O) groups is 1.